The maximum atomic E-state index is 12.2. The van der Waals surface area contributed by atoms with Gasteiger partial charge in [-0.15, -0.1) is 0 Å². The predicted octanol–water partition coefficient (Wildman–Crippen LogP) is 1.90. The molecule has 1 aromatic heterocycles. The summed E-state index contributed by atoms with van der Waals surface area (Å²) in [6.07, 6.45) is 0. The lowest BCUT2D eigenvalue weighted by Gasteiger charge is -2.24. The number of hydrogen-bond acceptors (Lipinski definition) is 3. The van der Waals surface area contributed by atoms with Crippen molar-refractivity contribution in [1.29, 1.82) is 0 Å². The minimum Gasteiger partial charge on any atom is -0.397 e. The third kappa shape index (κ3) is 2.88. The molecule has 0 spiro atoms. The van der Waals surface area contributed by atoms with Crippen LogP contribution in [-0.4, -0.2) is 30.1 Å². The summed E-state index contributed by atoms with van der Waals surface area (Å²) < 4.78 is 5.08. The lowest BCUT2D eigenvalue weighted by atomic mass is 10.1. The van der Waals surface area contributed by atoms with Crippen molar-refractivity contribution >= 4 is 22.5 Å². The second kappa shape index (κ2) is 4.93. The van der Waals surface area contributed by atoms with Crippen LogP contribution in [0, 0.1) is 0 Å². The number of hydrogen-bond donors (Lipinski definition) is 3. The van der Waals surface area contributed by atoms with Gasteiger partial charge >= 0.3 is 0 Å². The van der Waals surface area contributed by atoms with Gasteiger partial charge in [0.25, 0.3) is 5.91 Å². The number of H-pyrrole nitrogens is 1. The lowest BCUT2D eigenvalue weighted by molar-refractivity contribution is 0.0816. The molecule has 0 aliphatic heterocycles. The summed E-state index contributed by atoms with van der Waals surface area (Å²) in [5.74, 6) is -0.169. The van der Waals surface area contributed by atoms with Gasteiger partial charge in [0.05, 0.1) is 23.3 Å². The van der Waals surface area contributed by atoms with Crippen molar-refractivity contribution in [3.63, 3.8) is 0 Å². The molecule has 0 radical (unpaired) electrons. The highest BCUT2D eigenvalue weighted by atomic mass is 16.5. The van der Waals surface area contributed by atoms with Crippen LogP contribution in [-0.2, 0) is 4.74 Å². The molecule has 2 rings (SSSR count). The van der Waals surface area contributed by atoms with Crippen molar-refractivity contribution in [3.8, 4) is 0 Å². The van der Waals surface area contributed by atoms with E-state index in [2.05, 4.69) is 10.3 Å². The molecule has 19 heavy (non-hydrogen) atoms. The van der Waals surface area contributed by atoms with Crippen LogP contribution >= 0.6 is 0 Å². The van der Waals surface area contributed by atoms with Crippen molar-refractivity contribution in [3.05, 3.63) is 30.0 Å². The van der Waals surface area contributed by atoms with E-state index in [4.69, 9.17) is 10.5 Å². The number of carbonyl (C=O) groups excluding carboxylic acids is 1. The zero-order valence-electron chi connectivity index (χ0n) is 11.4. The summed E-state index contributed by atoms with van der Waals surface area (Å²) in [5.41, 5.74) is 7.36. The molecule has 0 aliphatic rings. The van der Waals surface area contributed by atoms with Crippen molar-refractivity contribution in [1.82, 2.24) is 10.3 Å². The first-order valence-corrected chi connectivity index (χ1v) is 6.11. The Balaban J connectivity index is 2.25. The van der Waals surface area contributed by atoms with E-state index in [9.17, 15) is 4.79 Å². The van der Waals surface area contributed by atoms with Crippen molar-refractivity contribution in [2.24, 2.45) is 0 Å². The smallest absolute Gasteiger partial charge is 0.268 e. The first-order valence-electron chi connectivity index (χ1n) is 6.11. The second-order valence-corrected chi connectivity index (χ2v) is 5.27. The monoisotopic (exact) mass is 261 g/mol. The Hall–Kier alpha value is -2.01. The second-order valence-electron chi connectivity index (χ2n) is 5.27. The number of amides is 1. The van der Waals surface area contributed by atoms with Crippen LogP contribution < -0.4 is 11.1 Å². The molecule has 0 fully saturated rings. The average molecular weight is 261 g/mol. The van der Waals surface area contributed by atoms with Crippen LogP contribution in [0.3, 0.4) is 0 Å². The maximum Gasteiger partial charge on any atom is 0.268 e. The standard InChI is InChI=1S/C14H19N3O2/c1-14(2,8-19-3)17-13(18)11-7-9-5-4-6-10(15)12(9)16-11/h4-7,16H,8,15H2,1-3H3,(H,17,18). The summed E-state index contributed by atoms with van der Waals surface area (Å²) in [7, 11) is 1.61. The third-order valence-corrected chi connectivity index (χ3v) is 2.89. The first-order chi connectivity index (χ1) is 8.93. The molecule has 4 N–H and O–H groups in total. The molecule has 5 heteroatoms. The highest BCUT2D eigenvalue weighted by molar-refractivity contribution is 6.01. The Morgan fingerprint density at radius 3 is 2.84 bits per heavy atom. The van der Waals surface area contributed by atoms with Gasteiger partial charge in [-0.3, -0.25) is 4.79 Å². The molecule has 0 aliphatic carbocycles. The van der Waals surface area contributed by atoms with E-state index in [-0.39, 0.29) is 5.91 Å². The Bertz CT molecular complexity index is 602. The number of methoxy groups -OCH3 is 1. The van der Waals surface area contributed by atoms with E-state index in [0.717, 1.165) is 10.9 Å². The minimum absolute atomic E-state index is 0.169. The molecule has 0 saturated carbocycles. The topological polar surface area (TPSA) is 80.1 Å². The van der Waals surface area contributed by atoms with E-state index in [1.807, 2.05) is 26.0 Å². The minimum atomic E-state index is -0.422. The number of para-hydroxylation sites is 1. The Kier molecular flexibility index (Phi) is 3.48. The number of carbonyl (C=O) groups is 1. The number of aromatic amines is 1. The Morgan fingerprint density at radius 1 is 1.47 bits per heavy atom. The third-order valence-electron chi connectivity index (χ3n) is 2.89. The maximum absolute atomic E-state index is 12.2. The summed E-state index contributed by atoms with van der Waals surface area (Å²) >= 11 is 0. The van der Waals surface area contributed by atoms with Crippen molar-refractivity contribution in [2.75, 3.05) is 19.5 Å². The van der Waals surface area contributed by atoms with Gasteiger partial charge in [-0.25, -0.2) is 0 Å². The van der Waals surface area contributed by atoms with Crippen LogP contribution in [0.2, 0.25) is 0 Å². The fourth-order valence-electron chi connectivity index (χ4n) is 2.07. The van der Waals surface area contributed by atoms with Gasteiger partial charge in [-0.05, 0) is 26.0 Å². The van der Waals surface area contributed by atoms with Crippen LogP contribution in [0.1, 0.15) is 24.3 Å². The fraction of sp³-hybridized carbons (Fsp3) is 0.357. The molecule has 0 atom stereocenters. The molecule has 1 aromatic carbocycles. The normalized spacial score (nSPS) is 11.7. The lowest BCUT2D eigenvalue weighted by Crippen LogP contribution is -2.46. The van der Waals surface area contributed by atoms with E-state index in [0.29, 0.717) is 18.0 Å². The van der Waals surface area contributed by atoms with Gasteiger partial charge in [0.15, 0.2) is 0 Å². The van der Waals surface area contributed by atoms with Crippen LogP contribution in [0.4, 0.5) is 5.69 Å². The van der Waals surface area contributed by atoms with E-state index < -0.39 is 5.54 Å². The quantitative estimate of drug-likeness (QED) is 0.735. The molecule has 1 heterocycles. The molecule has 2 aromatic rings. The number of ether oxygens (including phenoxy) is 1. The molecular weight excluding hydrogens is 242 g/mol. The molecule has 0 bridgehead atoms. The highest BCUT2D eigenvalue weighted by Crippen LogP contribution is 2.21. The SMILES string of the molecule is COCC(C)(C)NC(=O)c1cc2cccc(N)c2[nH]1. The Morgan fingerprint density at radius 2 is 2.21 bits per heavy atom. The number of nitrogen functional groups attached to an aromatic ring is 1. The van der Waals surface area contributed by atoms with Crippen LogP contribution in [0.25, 0.3) is 10.9 Å². The number of anilines is 1. The van der Waals surface area contributed by atoms with E-state index in [1.54, 1.807) is 19.2 Å². The summed E-state index contributed by atoms with van der Waals surface area (Å²) in [6, 6.07) is 7.38. The van der Waals surface area contributed by atoms with Gasteiger partial charge in [0.2, 0.25) is 0 Å². The molecular formula is C14H19N3O2. The van der Waals surface area contributed by atoms with Crippen LogP contribution in [0.15, 0.2) is 24.3 Å². The van der Waals surface area contributed by atoms with E-state index in [1.165, 1.54) is 0 Å². The molecule has 102 valence electrons. The highest BCUT2D eigenvalue weighted by Gasteiger charge is 2.22. The van der Waals surface area contributed by atoms with Crippen LogP contribution in [0.5, 0.6) is 0 Å². The van der Waals surface area contributed by atoms with E-state index >= 15 is 0 Å². The molecule has 5 nitrogen and oxygen atoms in total. The predicted molar refractivity (Wildman–Crippen MR) is 76.1 cm³/mol. The van der Waals surface area contributed by atoms with Gasteiger partial charge in [0, 0.05) is 12.5 Å². The summed E-state index contributed by atoms with van der Waals surface area (Å²) in [4.78, 5) is 15.2. The van der Waals surface area contributed by atoms with Gasteiger partial charge in [-0.2, -0.15) is 0 Å². The number of nitrogens with one attached hydrogen (secondary N) is 2. The first kappa shape index (κ1) is 13.4. The number of aromatic nitrogens is 1. The fourth-order valence-corrected chi connectivity index (χ4v) is 2.07. The molecule has 0 saturated heterocycles. The number of fused-ring (bicyclic) bond motifs is 1. The zero-order chi connectivity index (χ0) is 14.0. The van der Waals surface area contributed by atoms with Crippen molar-refractivity contribution < 1.29 is 9.53 Å². The van der Waals surface area contributed by atoms with Crippen molar-refractivity contribution in [2.45, 2.75) is 19.4 Å². The Labute approximate surface area is 112 Å². The zero-order valence-corrected chi connectivity index (χ0v) is 11.4. The summed E-state index contributed by atoms with van der Waals surface area (Å²) in [6.45, 7) is 4.26. The number of nitrogens with two attached hydrogens (primary N) is 1. The average Bonchev–Trinajstić information content (AvgIpc) is 2.73. The summed E-state index contributed by atoms with van der Waals surface area (Å²) in [5, 5.41) is 3.84. The molecule has 1 amide bonds. The largest absolute Gasteiger partial charge is 0.397 e. The van der Waals surface area contributed by atoms with Gasteiger partial charge in [-0.1, -0.05) is 12.1 Å². The number of benzene rings is 1. The van der Waals surface area contributed by atoms with Gasteiger partial charge < -0.3 is 20.8 Å². The molecule has 0 unspecified atom stereocenters. The number of rotatable bonds is 4. The van der Waals surface area contributed by atoms with Gasteiger partial charge in [0.1, 0.15) is 5.69 Å².